The summed E-state index contributed by atoms with van der Waals surface area (Å²) in [6, 6.07) is 1.84. The first-order valence-corrected chi connectivity index (χ1v) is 5.05. The van der Waals surface area contributed by atoms with Gasteiger partial charge in [0, 0.05) is 20.7 Å². The second-order valence-electron chi connectivity index (χ2n) is 2.99. The molecule has 0 aromatic carbocycles. The second kappa shape index (κ2) is 5.17. The highest BCUT2D eigenvalue weighted by Crippen LogP contribution is 2.24. The lowest BCUT2D eigenvalue weighted by Gasteiger charge is -2.18. The van der Waals surface area contributed by atoms with Crippen molar-refractivity contribution in [3.05, 3.63) is 16.7 Å². The lowest BCUT2D eigenvalue weighted by molar-refractivity contribution is 0.206. The van der Waals surface area contributed by atoms with Gasteiger partial charge in [0.1, 0.15) is 5.82 Å². The Hall–Kier alpha value is -0.810. The van der Waals surface area contributed by atoms with Crippen molar-refractivity contribution in [3.8, 4) is 0 Å². The number of nitrogen functional groups attached to an aromatic ring is 1. The molecule has 4 nitrogen and oxygen atoms in total. The molecule has 14 heavy (non-hydrogen) atoms. The summed E-state index contributed by atoms with van der Waals surface area (Å²) >= 11 is 3.41. The molecule has 0 aliphatic rings. The van der Waals surface area contributed by atoms with Gasteiger partial charge in [-0.25, -0.2) is 4.98 Å². The van der Waals surface area contributed by atoms with Crippen molar-refractivity contribution < 1.29 is 4.74 Å². The molecular weight excluding hydrogens is 246 g/mol. The maximum Gasteiger partial charge on any atom is 0.142 e. The van der Waals surface area contributed by atoms with Gasteiger partial charge < -0.3 is 15.4 Å². The van der Waals surface area contributed by atoms with Crippen LogP contribution >= 0.6 is 15.9 Å². The number of hydrogen-bond donors (Lipinski definition) is 1. The molecule has 0 saturated carbocycles. The van der Waals surface area contributed by atoms with Crippen LogP contribution in [0.5, 0.6) is 0 Å². The number of ether oxygens (including phenoxy) is 1. The molecule has 0 aliphatic heterocycles. The molecule has 0 unspecified atom stereocenters. The van der Waals surface area contributed by atoms with E-state index in [9.17, 15) is 0 Å². The van der Waals surface area contributed by atoms with E-state index < -0.39 is 0 Å². The zero-order valence-corrected chi connectivity index (χ0v) is 9.91. The topological polar surface area (TPSA) is 51.4 Å². The Kier molecular flexibility index (Phi) is 4.16. The number of nitrogens with two attached hydrogens (primary N) is 1. The molecule has 0 amide bonds. The van der Waals surface area contributed by atoms with E-state index in [0.29, 0.717) is 12.3 Å². The van der Waals surface area contributed by atoms with Gasteiger partial charge in [-0.1, -0.05) is 0 Å². The summed E-state index contributed by atoms with van der Waals surface area (Å²) in [5, 5.41) is 0. The zero-order chi connectivity index (χ0) is 10.6. The lowest BCUT2D eigenvalue weighted by atomic mass is 10.4. The summed E-state index contributed by atoms with van der Waals surface area (Å²) in [7, 11) is 3.64. The van der Waals surface area contributed by atoms with Crippen LogP contribution in [0.3, 0.4) is 0 Å². The fraction of sp³-hybridized carbons (Fsp3) is 0.444. The number of halogens is 1. The number of hydrogen-bond acceptors (Lipinski definition) is 4. The Morgan fingerprint density at radius 2 is 2.36 bits per heavy atom. The highest BCUT2D eigenvalue weighted by molar-refractivity contribution is 9.10. The van der Waals surface area contributed by atoms with Crippen LogP contribution < -0.4 is 10.6 Å². The molecule has 0 bridgehead atoms. The van der Waals surface area contributed by atoms with Crippen molar-refractivity contribution in [1.29, 1.82) is 0 Å². The molecule has 1 aromatic rings. The zero-order valence-electron chi connectivity index (χ0n) is 8.33. The predicted octanol–water partition coefficient (Wildman–Crippen LogP) is 1.51. The van der Waals surface area contributed by atoms with Crippen molar-refractivity contribution in [3.63, 3.8) is 0 Å². The quantitative estimate of drug-likeness (QED) is 0.891. The first-order valence-electron chi connectivity index (χ1n) is 4.26. The van der Waals surface area contributed by atoms with Gasteiger partial charge in [-0.15, -0.1) is 0 Å². The molecule has 0 atom stereocenters. The molecule has 0 saturated heterocycles. The van der Waals surface area contributed by atoms with Gasteiger partial charge in [-0.3, -0.25) is 0 Å². The Morgan fingerprint density at radius 1 is 1.64 bits per heavy atom. The van der Waals surface area contributed by atoms with Crippen molar-refractivity contribution in [2.75, 3.05) is 37.9 Å². The van der Waals surface area contributed by atoms with E-state index >= 15 is 0 Å². The molecule has 5 heteroatoms. The van der Waals surface area contributed by atoms with E-state index in [1.54, 1.807) is 13.3 Å². The normalized spacial score (nSPS) is 10.2. The minimum atomic E-state index is 0.653. The highest BCUT2D eigenvalue weighted by Gasteiger charge is 2.06. The van der Waals surface area contributed by atoms with Crippen LogP contribution in [0.1, 0.15) is 0 Å². The molecular formula is C9H14BrN3O. The van der Waals surface area contributed by atoms with Crippen LogP contribution in [0.4, 0.5) is 11.5 Å². The molecule has 2 N–H and O–H groups in total. The number of rotatable bonds is 4. The van der Waals surface area contributed by atoms with Gasteiger partial charge in [-0.2, -0.15) is 0 Å². The average molecular weight is 260 g/mol. The molecule has 0 fully saturated rings. The average Bonchev–Trinajstić information content (AvgIpc) is 2.14. The summed E-state index contributed by atoms with van der Waals surface area (Å²) in [6.07, 6.45) is 1.64. The number of likely N-dealkylation sites (N-methyl/N-ethyl adjacent to an activating group) is 1. The van der Waals surface area contributed by atoms with Crippen LogP contribution in [0.2, 0.25) is 0 Å². The molecule has 1 heterocycles. The van der Waals surface area contributed by atoms with Crippen LogP contribution in [0.25, 0.3) is 0 Å². The SMILES string of the molecule is COCCN(C)c1ncc(N)cc1Br. The summed E-state index contributed by atoms with van der Waals surface area (Å²) in [4.78, 5) is 6.24. The summed E-state index contributed by atoms with van der Waals surface area (Å²) < 4.78 is 5.89. The highest BCUT2D eigenvalue weighted by atomic mass is 79.9. The number of pyridine rings is 1. The fourth-order valence-electron chi connectivity index (χ4n) is 1.06. The third kappa shape index (κ3) is 2.85. The molecule has 0 radical (unpaired) electrons. The Labute approximate surface area is 92.2 Å². The monoisotopic (exact) mass is 259 g/mol. The molecule has 78 valence electrons. The third-order valence-electron chi connectivity index (χ3n) is 1.84. The van der Waals surface area contributed by atoms with E-state index in [2.05, 4.69) is 20.9 Å². The largest absolute Gasteiger partial charge is 0.397 e. The minimum Gasteiger partial charge on any atom is -0.397 e. The van der Waals surface area contributed by atoms with E-state index in [0.717, 1.165) is 16.8 Å². The van der Waals surface area contributed by atoms with Gasteiger partial charge >= 0.3 is 0 Å². The van der Waals surface area contributed by atoms with Crippen LogP contribution in [0.15, 0.2) is 16.7 Å². The Bertz CT molecular complexity index is 306. The number of nitrogens with zero attached hydrogens (tertiary/aromatic N) is 2. The summed E-state index contributed by atoms with van der Waals surface area (Å²) in [6.45, 7) is 1.47. The second-order valence-corrected chi connectivity index (χ2v) is 3.84. The minimum absolute atomic E-state index is 0.653. The number of anilines is 2. The van der Waals surface area contributed by atoms with Gasteiger partial charge in [-0.05, 0) is 22.0 Å². The maximum absolute atomic E-state index is 5.59. The van der Waals surface area contributed by atoms with Gasteiger partial charge in [0.05, 0.1) is 23.0 Å². The van der Waals surface area contributed by atoms with E-state index in [1.807, 2.05) is 18.0 Å². The van der Waals surface area contributed by atoms with E-state index in [1.165, 1.54) is 0 Å². The molecule has 1 aromatic heterocycles. The Morgan fingerprint density at radius 3 is 2.93 bits per heavy atom. The molecule has 0 spiro atoms. The van der Waals surface area contributed by atoms with Crippen molar-refractivity contribution >= 4 is 27.4 Å². The third-order valence-corrected chi connectivity index (χ3v) is 2.42. The Balaban J connectivity index is 2.74. The maximum atomic E-state index is 5.59. The van der Waals surface area contributed by atoms with Gasteiger partial charge in [0.25, 0.3) is 0 Å². The number of aromatic nitrogens is 1. The first kappa shape index (κ1) is 11.3. The van der Waals surface area contributed by atoms with Crippen LogP contribution in [-0.2, 0) is 4.74 Å². The summed E-state index contributed by atoms with van der Waals surface area (Å²) in [5.41, 5.74) is 6.25. The first-order chi connectivity index (χ1) is 6.65. The van der Waals surface area contributed by atoms with Crippen LogP contribution in [-0.4, -0.2) is 32.3 Å². The van der Waals surface area contributed by atoms with Crippen LogP contribution in [0, 0.1) is 0 Å². The fourth-order valence-corrected chi connectivity index (χ4v) is 1.73. The van der Waals surface area contributed by atoms with Gasteiger partial charge in [0.15, 0.2) is 0 Å². The molecule has 1 rings (SSSR count). The van der Waals surface area contributed by atoms with Crippen molar-refractivity contribution in [1.82, 2.24) is 4.98 Å². The molecule has 0 aliphatic carbocycles. The van der Waals surface area contributed by atoms with Crippen molar-refractivity contribution in [2.45, 2.75) is 0 Å². The summed E-state index contributed by atoms with van der Waals surface area (Å²) in [5.74, 6) is 0.872. The smallest absolute Gasteiger partial charge is 0.142 e. The lowest BCUT2D eigenvalue weighted by Crippen LogP contribution is -2.23. The van der Waals surface area contributed by atoms with E-state index in [-0.39, 0.29) is 0 Å². The van der Waals surface area contributed by atoms with E-state index in [4.69, 9.17) is 10.5 Å². The van der Waals surface area contributed by atoms with Gasteiger partial charge in [0.2, 0.25) is 0 Å². The number of methoxy groups -OCH3 is 1. The standard InChI is InChI=1S/C9H14BrN3O/c1-13(3-4-14-2)9-8(10)5-7(11)6-12-9/h5-6H,3-4,11H2,1-2H3. The van der Waals surface area contributed by atoms with Crippen molar-refractivity contribution in [2.24, 2.45) is 0 Å². The predicted molar refractivity (Wildman–Crippen MR) is 61.5 cm³/mol.